The van der Waals surface area contributed by atoms with Crippen molar-refractivity contribution in [2.75, 3.05) is 25.9 Å². The first-order valence-electron chi connectivity index (χ1n) is 12.7. The summed E-state index contributed by atoms with van der Waals surface area (Å²) in [7, 11) is 3.56. The van der Waals surface area contributed by atoms with Crippen molar-refractivity contribution in [2.24, 2.45) is 22.2 Å². The van der Waals surface area contributed by atoms with Crippen LogP contribution >= 0.6 is 21.6 Å². The van der Waals surface area contributed by atoms with E-state index >= 15 is 0 Å². The van der Waals surface area contributed by atoms with E-state index in [-0.39, 0.29) is 31.1 Å². The Morgan fingerprint density at radius 2 is 1.76 bits per heavy atom. The lowest BCUT2D eigenvalue weighted by Gasteiger charge is -2.33. The van der Waals surface area contributed by atoms with Crippen molar-refractivity contribution in [1.82, 2.24) is 26.2 Å². The number of primary amides is 1. The number of amides is 6. The Hall–Kier alpha value is -3.74. The van der Waals surface area contributed by atoms with Gasteiger partial charge in [-0.3, -0.25) is 38.6 Å². The van der Waals surface area contributed by atoms with Crippen LogP contribution in [0.3, 0.4) is 0 Å². The van der Waals surface area contributed by atoms with E-state index in [1.54, 1.807) is 13.8 Å². The largest absolute Gasteiger partial charge is 0.481 e. The lowest BCUT2D eigenvalue weighted by Crippen LogP contribution is -2.59. The van der Waals surface area contributed by atoms with Gasteiger partial charge in [-0.25, -0.2) is 0 Å². The number of hydrogen-bond donors (Lipinski definition) is 8. The number of hydrogen-bond acceptors (Lipinski definition) is 10. The van der Waals surface area contributed by atoms with E-state index in [0.717, 1.165) is 26.5 Å². The maximum atomic E-state index is 13.5. The number of aliphatic carboxylic acids is 1. The second kappa shape index (κ2) is 16.6. The van der Waals surface area contributed by atoms with Crippen LogP contribution < -0.4 is 38.5 Å². The summed E-state index contributed by atoms with van der Waals surface area (Å²) in [5, 5.41) is 18.9. The standard InChI is InChI=1S/C23H39N9O8S2/c1-11(33)29-13-10-41-42-23(2,3)17(18(24)37)31-19(38)12(8-16(35)36)30-15(34)9-28-20(39)14(32(4)21(13)40)6-5-7-27-22(25)26/h12-14,17H,5-10H2,1-4H3,(H2,24,37)(H,28,39)(H,29,33)(H,30,34)(H,31,38)(H,35,36)(H4,25,26,27)/t12-,13-,14-,17+/m1/s1. The maximum Gasteiger partial charge on any atom is 0.305 e. The zero-order chi connectivity index (χ0) is 32.2. The fourth-order valence-corrected chi connectivity index (χ4v) is 6.68. The minimum absolute atomic E-state index is 0.000296. The zero-order valence-electron chi connectivity index (χ0n) is 23.8. The average Bonchev–Trinajstić information content (AvgIpc) is 2.87. The second-order valence-electron chi connectivity index (χ2n) is 9.92. The molecule has 42 heavy (non-hydrogen) atoms. The summed E-state index contributed by atoms with van der Waals surface area (Å²) in [6.45, 7) is 3.89. The molecule has 1 saturated heterocycles. The smallest absolute Gasteiger partial charge is 0.305 e. The van der Waals surface area contributed by atoms with Gasteiger partial charge >= 0.3 is 5.97 Å². The Balaban J connectivity index is 3.46. The third kappa shape index (κ3) is 12.0. The first-order chi connectivity index (χ1) is 19.5. The molecule has 1 fully saturated rings. The highest BCUT2D eigenvalue weighted by Gasteiger charge is 2.39. The van der Waals surface area contributed by atoms with Gasteiger partial charge in [-0.2, -0.15) is 0 Å². The molecule has 1 aliphatic rings. The number of carboxylic acid groups (broad SMARTS) is 1. The number of likely N-dealkylation sites (N-methyl/N-ethyl adjacent to an activating group) is 1. The third-order valence-electron chi connectivity index (χ3n) is 5.95. The molecule has 0 aromatic heterocycles. The SMILES string of the molecule is CC(=O)N[C@@H]1CSSC(C)(C)[C@H](C(N)=O)NC(=O)[C@@H](CC(=O)O)NC(=O)CNC(=O)[C@@H](CCCN=C(N)N)N(C)C1=O. The van der Waals surface area contributed by atoms with Crippen LogP contribution in [-0.4, -0.2) is 112 Å². The van der Waals surface area contributed by atoms with Crippen molar-refractivity contribution in [1.29, 1.82) is 0 Å². The van der Waals surface area contributed by atoms with E-state index in [0.29, 0.717) is 0 Å². The van der Waals surface area contributed by atoms with Crippen LogP contribution in [0.25, 0.3) is 0 Å². The topological polar surface area (TPSA) is 282 Å². The molecule has 19 heteroatoms. The van der Waals surface area contributed by atoms with Crippen LogP contribution in [0.1, 0.15) is 40.0 Å². The Morgan fingerprint density at radius 1 is 1.12 bits per heavy atom. The fraction of sp³-hybridized carbons (Fsp3) is 0.652. The van der Waals surface area contributed by atoms with Crippen LogP contribution in [0.5, 0.6) is 0 Å². The monoisotopic (exact) mass is 633 g/mol. The average molecular weight is 634 g/mol. The molecule has 0 saturated carbocycles. The molecular weight excluding hydrogens is 594 g/mol. The number of nitrogens with one attached hydrogen (secondary N) is 4. The van der Waals surface area contributed by atoms with Gasteiger partial charge in [0.15, 0.2) is 5.96 Å². The molecule has 4 atom stereocenters. The molecule has 0 bridgehead atoms. The van der Waals surface area contributed by atoms with E-state index in [1.807, 2.05) is 0 Å². The Labute approximate surface area is 250 Å². The second-order valence-corrected chi connectivity index (χ2v) is 12.9. The normalized spacial score (nSPS) is 24.3. The predicted octanol–water partition coefficient (Wildman–Crippen LogP) is -3.41. The summed E-state index contributed by atoms with van der Waals surface area (Å²) in [4.78, 5) is 92.9. The molecule has 0 radical (unpaired) electrons. The van der Waals surface area contributed by atoms with E-state index in [9.17, 15) is 38.7 Å². The molecule has 0 aliphatic carbocycles. The van der Waals surface area contributed by atoms with Crippen molar-refractivity contribution >= 4 is 69.0 Å². The molecule has 0 spiro atoms. The number of carbonyl (C=O) groups is 7. The van der Waals surface area contributed by atoms with Gasteiger partial charge in [0.2, 0.25) is 35.4 Å². The van der Waals surface area contributed by atoms with E-state index in [2.05, 4.69) is 26.3 Å². The molecule has 0 aromatic rings. The summed E-state index contributed by atoms with van der Waals surface area (Å²) >= 11 is 0. The van der Waals surface area contributed by atoms with Gasteiger partial charge in [-0.05, 0) is 26.7 Å². The highest BCUT2D eigenvalue weighted by molar-refractivity contribution is 8.77. The minimum Gasteiger partial charge on any atom is -0.481 e. The summed E-state index contributed by atoms with van der Waals surface area (Å²) in [5.74, 6) is -6.21. The van der Waals surface area contributed by atoms with E-state index in [1.165, 1.54) is 14.0 Å². The van der Waals surface area contributed by atoms with Crippen LogP contribution in [-0.2, 0) is 33.6 Å². The molecule has 236 valence electrons. The molecule has 0 unspecified atom stereocenters. The van der Waals surface area contributed by atoms with Crippen molar-refractivity contribution in [2.45, 2.75) is 68.9 Å². The van der Waals surface area contributed by atoms with Crippen molar-refractivity contribution < 1.29 is 38.7 Å². The quantitative estimate of drug-likeness (QED) is 0.0562. The highest BCUT2D eigenvalue weighted by Crippen LogP contribution is 2.38. The van der Waals surface area contributed by atoms with Gasteiger partial charge in [0.1, 0.15) is 24.2 Å². The molecule has 11 N–H and O–H groups in total. The number of carbonyl (C=O) groups excluding carboxylic acids is 6. The molecule has 6 amide bonds. The number of aliphatic imine (C=N–C) groups is 1. The van der Waals surface area contributed by atoms with Crippen LogP contribution in [0.2, 0.25) is 0 Å². The Kier molecular flexibility index (Phi) is 14.4. The highest BCUT2D eigenvalue weighted by atomic mass is 33.1. The summed E-state index contributed by atoms with van der Waals surface area (Å²) < 4.78 is -1.10. The zero-order valence-corrected chi connectivity index (χ0v) is 25.4. The van der Waals surface area contributed by atoms with Gasteiger partial charge in [0.25, 0.3) is 0 Å². The first kappa shape index (κ1) is 36.3. The molecule has 1 aliphatic heterocycles. The summed E-state index contributed by atoms with van der Waals surface area (Å²) in [6.07, 6.45) is -0.459. The van der Waals surface area contributed by atoms with E-state index in [4.69, 9.17) is 17.2 Å². The molecule has 17 nitrogen and oxygen atoms in total. The Morgan fingerprint density at radius 3 is 2.31 bits per heavy atom. The minimum atomic E-state index is -1.60. The summed E-state index contributed by atoms with van der Waals surface area (Å²) in [6, 6.07) is -5.12. The number of guanidine groups is 1. The lowest BCUT2D eigenvalue weighted by molar-refractivity contribution is -0.142. The molecule has 1 rings (SSSR count). The van der Waals surface area contributed by atoms with Crippen molar-refractivity contribution in [3.63, 3.8) is 0 Å². The molecular formula is C23H39N9O8S2. The fourth-order valence-electron chi connectivity index (χ4n) is 3.86. The van der Waals surface area contributed by atoms with Gasteiger partial charge in [0.05, 0.1) is 13.0 Å². The number of nitrogens with zero attached hydrogens (tertiary/aromatic N) is 2. The van der Waals surface area contributed by atoms with Crippen LogP contribution in [0.4, 0.5) is 0 Å². The number of nitrogens with two attached hydrogens (primary N) is 3. The lowest BCUT2D eigenvalue weighted by atomic mass is 10.0. The van der Waals surface area contributed by atoms with Gasteiger partial charge in [-0.1, -0.05) is 21.6 Å². The maximum absolute atomic E-state index is 13.5. The van der Waals surface area contributed by atoms with Crippen molar-refractivity contribution in [3.8, 4) is 0 Å². The number of rotatable bonds is 8. The van der Waals surface area contributed by atoms with Crippen molar-refractivity contribution in [3.05, 3.63) is 0 Å². The predicted molar refractivity (Wildman–Crippen MR) is 157 cm³/mol. The first-order valence-corrected chi connectivity index (χ1v) is 15.1. The summed E-state index contributed by atoms with van der Waals surface area (Å²) in [5.41, 5.74) is 16.2. The van der Waals surface area contributed by atoms with E-state index < -0.39 is 83.3 Å². The third-order valence-corrected chi connectivity index (χ3v) is 9.25. The van der Waals surface area contributed by atoms with Crippen LogP contribution in [0, 0.1) is 0 Å². The number of carboxylic acids is 1. The molecule has 1 heterocycles. The van der Waals surface area contributed by atoms with Gasteiger partial charge in [-0.15, -0.1) is 0 Å². The van der Waals surface area contributed by atoms with Gasteiger partial charge < -0.3 is 48.5 Å². The van der Waals surface area contributed by atoms with Gasteiger partial charge in [0, 0.05) is 31.0 Å². The molecule has 0 aromatic carbocycles. The van der Waals surface area contributed by atoms with Crippen LogP contribution in [0.15, 0.2) is 4.99 Å². The Bertz CT molecular complexity index is 1080.